The van der Waals surface area contributed by atoms with Crippen molar-refractivity contribution in [3.63, 3.8) is 0 Å². The lowest BCUT2D eigenvalue weighted by molar-refractivity contribution is 0.309. The van der Waals surface area contributed by atoms with Gasteiger partial charge < -0.3 is 4.57 Å². The van der Waals surface area contributed by atoms with Crippen molar-refractivity contribution in [2.45, 2.75) is 39.7 Å². The van der Waals surface area contributed by atoms with Crippen LogP contribution in [0.15, 0.2) is 22.7 Å². The van der Waals surface area contributed by atoms with Crippen LogP contribution in [0.3, 0.4) is 0 Å². The topological polar surface area (TPSA) is 17.8 Å². The molecule has 0 unspecified atom stereocenters. The van der Waals surface area contributed by atoms with Gasteiger partial charge in [-0.25, -0.2) is 4.98 Å². The number of hydrogen-bond acceptors (Lipinski definition) is 1. The highest BCUT2D eigenvalue weighted by atomic mass is 79.9. The second-order valence-electron chi connectivity index (χ2n) is 6.20. The van der Waals surface area contributed by atoms with E-state index in [2.05, 4.69) is 52.5 Å². The number of halogens is 2. The fourth-order valence-electron chi connectivity index (χ4n) is 3.00. The summed E-state index contributed by atoms with van der Waals surface area (Å²) in [5.41, 5.74) is 2.78. The number of rotatable bonds is 5. The third-order valence-corrected chi connectivity index (χ3v) is 5.38. The van der Waals surface area contributed by atoms with E-state index in [-0.39, 0.29) is 0 Å². The number of nitrogens with zero attached hydrogens (tertiary/aromatic N) is 2. The van der Waals surface area contributed by atoms with Crippen LogP contribution in [0, 0.1) is 11.3 Å². The molecule has 3 rings (SSSR count). The Kier molecular flexibility index (Phi) is 3.85. The molecule has 108 valence electrons. The first kappa shape index (κ1) is 14.4. The summed E-state index contributed by atoms with van der Waals surface area (Å²) in [6.45, 7) is 5.75. The molecule has 1 aliphatic carbocycles. The van der Waals surface area contributed by atoms with Crippen molar-refractivity contribution in [2.24, 2.45) is 11.3 Å². The van der Waals surface area contributed by atoms with Crippen LogP contribution in [-0.2, 0) is 13.0 Å². The summed E-state index contributed by atoms with van der Waals surface area (Å²) in [4.78, 5) is 4.78. The van der Waals surface area contributed by atoms with Gasteiger partial charge in [-0.2, -0.15) is 0 Å². The Labute approximate surface area is 133 Å². The Hall–Kier alpha value is -0.540. The summed E-state index contributed by atoms with van der Waals surface area (Å²) in [5.74, 6) is 2.47. The normalized spacial score (nSPS) is 17.1. The van der Waals surface area contributed by atoms with E-state index < -0.39 is 0 Å². The zero-order chi connectivity index (χ0) is 14.3. The van der Waals surface area contributed by atoms with Crippen molar-refractivity contribution < 1.29 is 0 Å². The number of fused-ring (bicyclic) bond motifs is 1. The standard InChI is InChI=1S/C16H20BrClN2/c1-11(2)16(6-7-16)10-20-14-4-3-12(17)9-13(14)19-15(20)5-8-18/h3-4,9,11H,5-8,10H2,1-2H3. The highest BCUT2D eigenvalue weighted by Crippen LogP contribution is 2.53. The minimum absolute atomic E-state index is 0.474. The average Bonchev–Trinajstić information content (AvgIpc) is 3.11. The third-order valence-electron chi connectivity index (χ3n) is 4.70. The molecule has 1 aromatic heterocycles. The smallest absolute Gasteiger partial charge is 0.111 e. The van der Waals surface area contributed by atoms with Crippen LogP contribution in [-0.4, -0.2) is 15.4 Å². The maximum Gasteiger partial charge on any atom is 0.111 e. The number of aryl methyl sites for hydroxylation is 1. The fourth-order valence-corrected chi connectivity index (χ4v) is 3.52. The lowest BCUT2D eigenvalue weighted by Crippen LogP contribution is -2.19. The highest BCUT2D eigenvalue weighted by Gasteiger charge is 2.45. The van der Waals surface area contributed by atoms with Gasteiger partial charge in [0.25, 0.3) is 0 Å². The number of alkyl halides is 1. The second kappa shape index (κ2) is 5.34. The number of hydrogen-bond donors (Lipinski definition) is 0. The maximum absolute atomic E-state index is 5.95. The van der Waals surface area contributed by atoms with E-state index in [9.17, 15) is 0 Å². The van der Waals surface area contributed by atoms with Crippen LogP contribution in [0.1, 0.15) is 32.5 Å². The molecule has 0 aliphatic heterocycles. The molecule has 0 atom stereocenters. The minimum atomic E-state index is 0.474. The molecule has 0 N–H and O–H groups in total. The van der Waals surface area contributed by atoms with Crippen molar-refractivity contribution >= 4 is 38.6 Å². The van der Waals surface area contributed by atoms with Crippen LogP contribution >= 0.6 is 27.5 Å². The van der Waals surface area contributed by atoms with Crippen LogP contribution in [0.2, 0.25) is 0 Å². The first-order chi connectivity index (χ1) is 9.55. The molecule has 4 heteroatoms. The summed E-state index contributed by atoms with van der Waals surface area (Å²) in [6, 6.07) is 6.36. The van der Waals surface area contributed by atoms with E-state index in [1.165, 1.54) is 18.4 Å². The average molecular weight is 356 g/mol. The molecule has 0 radical (unpaired) electrons. The van der Waals surface area contributed by atoms with E-state index in [4.69, 9.17) is 16.6 Å². The van der Waals surface area contributed by atoms with Gasteiger partial charge in [0.1, 0.15) is 5.82 Å². The van der Waals surface area contributed by atoms with Gasteiger partial charge in [-0.3, -0.25) is 0 Å². The van der Waals surface area contributed by atoms with Crippen LogP contribution in [0.4, 0.5) is 0 Å². The van der Waals surface area contributed by atoms with E-state index in [1.807, 2.05) is 0 Å². The molecule has 2 aromatic rings. The molecule has 1 fully saturated rings. The highest BCUT2D eigenvalue weighted by molar-refractivity contribution is 9.10. The van der Waals surface area contributed by atoms with Crippen molar-refractivity contribution in [3.05, 3.63) is 28.5 Å². The first-order valence-corrected chi connectivity index (χ1v) is 8.59. The molecule has 1 aliphatic rings. The predicted octanol–water partition coefficient (Wildman–Crippen LogP) is 5.02. The Morgan fingerprint density at radius 3 is 2.75 bits per heavy atom. The summed E-state index contributed by atoms with van der Waals surface area (Å²) in [6.07, 6.45) is 3.50. The molecule has 0 bridgehead atoms. The number of benzene rings is 1. The van der Waals surface area contributed by atoms with E-state index in [0.29, 0.717) is 11.3 Å². The lowest BCUT2D eigenvalue weighted by atomic mass is 9.92. The molecule has 2 nitrogen and oxygen atoms in total. The molecule has 0 amide bonds. The molecule has 1 aromatic carbocycles. The van der Waals surface area contributed by atoms with Crippen LogP contribution < -0.4 is 0 Å². The molecule has 1 saturated carbocycles. The van der Waals surface area contributed by atoms with Gasteiger partial charge in [0.2, 0.25) is 0 Å². The summed E-state index contributed by atoms with van der Waals surface area (Å²) < 4.78 is 3.48. The zero-order valence-electron chi connectivity index (χ0n) is 12.0. The summed E-state index contributed by atoms with van der Waals surface area (Å²) in [5, 5.41) is 0. The van der Waals surface area contributed by atoms with Gasteiger partial charge in [0.15, 0.2) is 0 Å². The van der Waals surface area contributed by atoms with Crippen LogP contribution in [0.25, 0.3) is 11.0 Å². The van der Waals surface area contributed by atoms with Crippen LogP contribution in [0.5, 0.6) is 0 Å². The molecule has 0 spiro atoms. The van der Waals surface area contributed by atoms with Gasteiger partial charge in [-0.15, -0.1) is 11.6 Å². The quantitative estimate of drug-likeness (QED) is 0.689. The Morgan fingerprint density at radius 2 is 2.15 bits per heavy atom. The Balaban J connectivity index is 2.05. The van der Waals surface area contributed by atoms with Crippen molar-refractivity contribution in [1.29, 1.82) is 0 Å². The zero-order valence-corrected chi connectivity index (χ0v) is 14.3. The van der Waals surface area contributed by atoms with Gasteiger partial charge >= 0.3 is 0 Å². The minimum Gasteiger partial charge on any atom is -0.327 e. The molecule has 20 heavy (non-hydrogen) atoms. The fraction of sp³-hybridized carbons (Fsp3) is 0.562. The Bertz CT molecular complexity index is 629. The molecular formula is C16H20BrClN2. The van der Waals surface area contributed by atoms with E-state index in [0.717, 1.165) is 34.7 Å². The summed E-state index contributed by atoms with van der Waals surface area (Å²) in [7, 11) is 0. The first-order valence-electron chi connectivity index (χ1n) is 7.26. The largest absolute Gasteiger partial charge is 0.327 e. The molecule has 1 heterocycles. The van der Waals surface area contributed by atoms with E-state index in [1.54, 1.807) is 0 Å². The molecular weight excluding hydrogens is 336 g/mol. The maximum atomic E-state index is 5.95. The summed E-state index contributed by atoms with van der Waals surface area (Å²) >= 11 is 9.48. The predicted molar refractivity (Wildman–Crippen MR) is 88.4 cm³/mol. The van der Waals surface area contributed by atoms with Gasteiger partial charge in [0.05, 0.1) is 11.0 Å². The Morgan fingerprint density at radius 1 is 1.40 bits per heavy atom. The van der Waals surface area contributed by atoms with Crippen molar-refractivity contribution in [2.75, 3.05) is 5.88 Å². The second-order valence-corrected chi connectivity index (χ2v) is 7.50. The monoisotopic (exact) mass is 354 g/mol. The number of aromatic nitrogens is 2. The lowest BCUT2D eigenvalue weighted by Gasteiger charge is -2.22. The number of imidazole rings is 1. The SMILES string of the molecule is CC(C)C1(Cn2c(CCCl)nc3cc(Br)ccc32)CC1. The van der Waals surface area contributed by atoms with Crippen molar-refractivity contribution in [1.82, 2.24) is 9.55 Å². The van der Waals surface area contributed by atoms with Gasteiger partial charge in [-0.1, -0.05) is 29.8 Å². The van der Waals surface area contributed by atoms with Crippen molar-refractivity contribution in [3.8, 4) is 0 Å². The molecule has 0 saturated heterocycles. The van der Waals surface area contributed by atoms with E-state index >= 15 is 0 Å². The van der Waals surface area contributed by atoms with Gasteiger partial charge in [0, 0.05) is 23.3 Å². The third kappa shape index (κ3) is 2.50. The van der Waals surface area contributed by atoms with Gasteiger partial charge in [-0.05, 0) is 42.4 Å².